The zero-order valence-electron chi connectivity index (χ0n) is 16.3. The van der Waals surface area contributed by atoms with Gasteiger partial charge >= 0.3 is 0 Å². The zero-order chi connectivity index (χ0) is 18.4. The molecule has 1 atom stereocenters. The van der Waals surface area contributed by atoms with Gasteiger partial charge in [0.15, 0.2) is 0 Å². The summed E-state index contributed by atoms with van der Waals surface area (Å²) in [5, 5.41) is 9.49. The SMILES string of the molecule is Cc1ccc(C2CCCCN2C2(CC#N)CCC2)c2c1-c1ccccc1C2. The second kappa shape index (κ2) is 6.50. The monoisotopic (exact) mass is 356 g/mol. The Balaban J connectivity index is 1.60. The molecule has 3 aliphatic rings. The normalized spacial score (nSPS) is 23.2. The number of nitrogens with zero attached hydrogens (tertiary/aromatic N) is 2. The highest BCUT2D eigenvalue weighted by Gasteiger charge is 2.46. The van der Waals surface area contributed by atoms with Crippen LogP contribution >= 0.6 is 0 Å². The molecule has 1 saturated heterocycles. The first-order chi connectivity index (χ1) is 13.2. The lowest BCUT2D eigenvalue weighted by Crippen LogP contribution is -2.56. The van der Waals surface area contributed by atoms with Gasteiger partial charge in [-0.1, -0.05) is 42.8 Å². The van der Waals surface area contributed by atoms with Gasteiger partial charge < -0.3 is 0 Å². The van der Waals surface area contributed by atoms with Crippen LogP contribution in [0.2, 0.25) is 0 Å². The van der Waals surface area contributed by atoms with Crippen LogP contribution in [0.1, 0.15) is 73.2 Å². The molecule has 2 heteroatoms. The molecule has 2 aromatic rings. The fraction of sp³-hybridized carbons (Fsp3) is 0.480. The summed E-state index contributed by atoms with van der Waals surface area (Å²) in [6.45, 7) is 3.41. The van der Waals surface area contributed by atoms with Gasteiger partial charge in [-0.2, -0.15) is 5.26 Å². The molecule has 1 heterocycles. The third-order valence-corrected chi connectivity index (χ3v) is 7.37. The van der Waals surface area contributed by atoms with Crippen molar-refractivity contribution in [3.05, 3.63) is 58.7 Å². The van der Waals surface area contributed by atoms with Gasteiger partial charge in [-0.25, -0.2) is 0 Å². The molecule has 0 N–H and O–H groups in total. The Hall–Kier alpha value is -2.11. The standard InChI is InChI=1S/C25H28N2/c1-18-10-11-21(22-17-19-7-2-3-8-20(19)24(18)22)23-9-4-5-16-27(23)25(14-15-26)12-6-13-25/h2-3,7-8,10-11,23H,4-6,9,12-14,16-17H2,1H3. The van der Waals surface area contributed by atoms with E-state index in [-0.39, 0.29) is 5.54 Å². The van der Waals surface area contributed by atoms with E-state index in [0.717, 1.165) is 13.0 Å². The Morgan fingerprint density at radius 3 is 2.74 bits per heavy atom. The predicted molar refractivity (Wildman–Crippen MR) is 110 cm³/mol. The number of piperidine rings is 1. The van der Waals surface area contributed by atoms with Crippen molar-refractivity contribution < 1.29 is 0 Å². The van der Waals surface area contributed by atoms with Crippen LogP contribution in [0.15, 0.2) is 36.4 Å². The Morgan fingerprint density at radius 1 is 1.11 bits per heavy atom. The zero-order valence-corrected chi connectivity index (χ0v) is 16.3. The molecule has 1 saturated carbocycles. The number of aryl methyl sites for hydroxylation is 1. The number of hydrogen-bond donors (Lipinski definition) is 0. The van der Waals surface area contributed by atoms with E-state index in [0.29, 0.717) is 12.5 Å². The van der Waals surface area contributed by atoms with Crippen molar-refractivity contribution in [1.82, 2.24) is 4.90 Å². The van der Waals surface area contributed by atoms with Gasteiger partial charge in [-0.15, -0.1) is 0 Å². The first-order valence-electron chi connectivity index (χ1n) is 10.6. The Labute approximate surface area is 162 Å². The maximum absolute atomic E-state index is 9.49. The van der Waals surface area contributed by atoms with Crippen LogP contribution in [0.5, 0.6) is 0 Å². The molecule has 2 aromatic carbocycles. The quantitative estimate of drug-likeness (QED) is 0.581. The largest absolute Gasteiger partial charge is 0.290 e. The molecule has 2 nitrogen and oxygen atoms in total. The summed E-state index contributed by atoms with van der Waals surface area (Å²) in [5.74, 6) is 0. The summed E-state index contributed by atoms with van der Waals surface area (Å²) in [6, 6.07) is 16.7. The molecule has 0 spiro atoms. The minimum Gasteiger partial charge on any atom is -0.290 e. The van der Waals surface area contributed by atoms with Crippen molar-refractivity contribution in [2.45, 2.75) is 69.9 Å². The number of rotatable bonds is 3. The molecule has 1 aliphatic heterocycles. The van der Waals surface area contributed by atoms with Crippen LogP contribution in [-0.2, 0) is 6.42 Å². The fourth-order valence-electron chi connectivity index (χ4n) is 5.89. The molecule has 138 valence electrons. The maximum Gasteiger partial charge on any atom is 0.0641 e. The summed E-state index contributed by atoms with van der Waals surface area (Å²) in [6.07, 6.45) is 9.26. The van der Waals surface area contributed by atoms with Gasteiger partial charge in [0.1, 0.15) is 0 Å². The Morgan fingerprint density at radius 2 is 1.96 bits per heavy atom. The van der Waals surface area contributed by atoms with Crippen molar-refractivity contribution in [2.24, 2.45) is 0 Å². The molecule has 0 aromatic heterocycles. The fourth-order valence-corrected chi connectivity index (χ4v) is 5.89. The highest BCUT2D eigenvalue weighted by atomic mass is 15.2. The summed E-state index contributed by atoms with van der Waals surface area (Å²) in [5.41, 5.74) is 9.02. The van der Waals surface area contributed by atoms with Gasteiger partial charge in [0.05, 0.1) is 12.5 Å². The molecule has 2 aliphatic carbocycles. The van der Waals surface area contributed by atoms with Crippen LogP contribution in [-0.4, -0.2) is 17.0 Å². The smallest absolute Gasteiger partial charge is 0.0641 e. The van der Waals surface area contributed by atoms with E-state index in [1.165, 1.54) is 66.3 Å². The van der Waals surface area contributed by atoms with Gasteiger partial charge in [-0.3, -0.25) is 4.90 Å². The highest BCUT2D eigenvalue weighted by Crippen LogP contribution is 2.50. The van der Waals surface area contributed by atoms with Crippen molar-refractivity contribution in [3.8, 4) is 17.2 Å². The predicted octanol–water partition coefficient (Wildman–Crippen LogP) is 5.93. The lowest BCUT2D eigenvalue weighted by molar-refractivity contribution is -0.0340. The first-order valence-corrected chi connectivity index (χ1v) is 10.6. The molecule has 0 amide bonds. The topological polar surface area (TPSA) is 27.0 Å². The van der Waals surface area contributed by atoms with Crippen LogP contribution in [0.25, 0.3) is 11.1 Å². The average molecular weight is 357 g/mol. The Kier molecular flexibility index (Phi) is 4.10. The minimum atomic E-state index is 0.142. The highest BCUT2D eigenvalue weighted by molar-refractivity contribution is 5.80. The van der Waals surface area contributed by atoms with Gasteiger partial charge in [0.2, 0.25) is 0 Å². The van der Waals surface area contributed by atoms with E-state index < -0.39 is 0 Å². The molecule has 1 unspecified atom stereocenters. The van der Waals surface area contributed by atoms with E-state index >= 15 is 0 Å². The number of likely N-dealkylation sites (tertiary alicyclic amines) is 1. The van der Waals surface area contributed by atoms with Crippen LogP contribution in [0.4, 0.5) is 0 Å². The van der Waals surface area contributed by atoms with E-state index in [1.54, 1.807) is 5.56 Å². The number of nitriles is 1. The van der Waals surface area contributed by atoms with Crippen LogP contribution in [0.3, 0.4) is 0 Å². The summed E-state index contributed by atoms with van der Waals surface area (Å²) < 4.78 is 0. The second-order valence-electron chi connectivity index (χ2n) is 8.78. The van der Waals surface area contributed by atoms with E-state index in [9.17, 15) is 5.26 Å². The third-order valence-electron chi connectivity index (χ3n) is 7.37. The first kappa shape index (κ1) is 17.0. The molecule has 5 rings (SSSR count). The van der Waals surface area contributed by atoms with Crippen molar-refractivity contribution in [2.75, 3.05) is 6.54 Å². The molecule has 0 radical (unpaired) electrons. The molecule has 0 bridgehead atoms. The molecule has 27 heavy (non-hydrogen) atoms. The average Bonchev–Trinajstić information content (AvgIpc) is 3.06. The van der Waals surface area contributed by atoms with Gasteiger partial charge in [0, 0.05) is 11.6 Å². The molecular weight excluding hydrogens is 328 g/mol. The van der Waals surface area contributed by atoms with Crippen LogP contribution < -0.4 is 0 Å². The van der Waals surface area contributed by atoms with E-state index in [2.05, 4.69) is 54.3 Å². The lowest BCUT2D eigenvalue weighted by atomic mass is 9.70. The second-order valence-corrected chi connectivity index (χ2v) is 8.78. The summed E-state index contributed by atoms with van der Waals surface area (Å²) >= 11 is 0. The number of benzene rings is 2. The van der Waals surface area contributed by atoms with Crippen LogP contribution in [0, 0.1) is 18.3 Å². The minimum absolute atomic E-state index is 0.142. The van der Waals surface area contributed by atoms with E-state index in [4.69, 9.17) is 0 Å². The Bertz CT molecular complexity index is 916. The molecule has 2 fully saturated rings. The summed E-state index contributed by atoms with van der Waals surface area (Å²) in [4.78, 5) is 2.75. The number of hydrogen-bond acceptors (Lipinski definition) is 2. The third kappa shape index (κ3) is 2.56. The number of fused-ring (bicyclic) bond motifs is 3. The van der Waals surface area contributed by atoms with Crippen molar-refractivity contribution in [3.63, 3.8) is 0 Å². The maximum atomic E-state index is 9.49. The summed E-state index contributed by atoms with van der Waals surface area (Å²) in [7, 11) is 0. The van der Waals surface area contributed by atoms with Crippen molar-refractivity contribution in [1.29, 1.82) is 5.26 Å². The lowest BCUT2D eigenvalue weighted by Gasteiger charge is -2.54. The molecular formula is C25H28N2. The van der Waals surface area contributed by atoms with Crippen molar-refractivity contribution >= 4 is 0 Å². The van der Waals surface area contributed by atoms with Gasteiger partial charge in [-0.05, 0) is 85.4 Å². The van der Waals surface area contributed by atoms with Gasteiger partial charge in [0.25, 0.3) is 0 Å². The van der Waals surface area contributed by atoms with E-state index in [1.807, 2.05) is 0 Å².